The lowest BCUT2D eigenvalue weighted by Crippen LogP contribution is -2.56. The van der Waals surface area contributed by atoms with Gasteiger partial charge >= 0.3 is 5.76 Å². The van der Waals surface area contributed by atoms with Crippen LogP contribution >= 0.6 is 0 Å². The maximum atomic E-state index is 13.3. The van der Waals surface area contributed by atoms with Crippen molar-refractivity contribution in [3.63, 3.8) is 0 Å². The molecule has 2 heterocycles. The first-order valence-corrected chi connectivity index (χ1v) is 10.7. The van der Waals surface area contributed by atoms with Gasteiger partial charge in [0.25, 0.3) is 0 Å². The Kier molecular flexibility index (Phi) is 6.50. The molecule has 1 fully saturated rings. The van der Waals surface area contributed by atoms with Crippen LogP contribution in [-0.4, -0.2) is 47.5 Å². The quantitative estimate of drug-likeness (QED) is 0.753. The molecule has 2 aromatic rings. The molecule has 30 heavy (non-hydrogen) atoms. The predicted octanol–water partition coefficient (Wildman–Crippen LogP) is 3.40. The summed E-state index contributed by atoms with van der Waals surface area (Å²) in [5.74, 6) is -0.330. The first-order chi connectivity index (χ1) is 14.0. The molecule has 164 valence electrons. The standard InChI is InChI=1S/C23H34N4O3/c1-22(2,3)11-10-17(20(28)26-23(4)12-14-27(5)15-13-23)24-19-16-8-6-7-9-18(16)30-21(29)25-19/h6-9,17H,10-15H2,1-5H3,(H,26,28)(H,24,25,29). The second-order valence-corrected chi connectivity index (χ2v) is 9.97. The van der Waals surface area contributed by atoms with E-state index in [0.717, 1.165) is 32.4 Å². The van der Waals surface area contributed by atoms with Crippen LogP contribution in [0.25, 0.3) is 11.0 Å². The third kappa shape index (κ3) is 5.81. The van der Waals surface area contributed by atoms with Gasteiger partial charge in [-0.05, 0) is 57.2 Å². The number of nitrogens with one attached hydrogen (secondary N) is 2. The summed E-state index contributed by atoms with van der Waals surface area (Å²) < 4.78 is 5.19. The van der Waals surface area contributed by atoms with Gasteiger partial charge in [-0.3, -0.25) is 4.79 Å². The fourth-order valence-electron chi connectivity index (χ4n) is 3.76. The van der Waals surface area contributed by atoms with Crippen LogP contribution in [0.15, 0.2) is 33.5 Å². The lowest BCUT2D eigenvalue weighted by Gasteiger charge is -2.39. The summed E-state index contributed by atoms with van der Waals surface area (Å²) in [5.41, 5.74) is 0.316. The van der Waals surface area contributed by atoms with E-state index in [2.05, 4.69) is 55.3 Å². The van der Waals surface area contributed by atoms with E-state index in [-0.39, 0.29) is 16.9 Å². The Labute approximate surface area is 178 Å². The summed E-state index contributed by atoms with van der Waals surface area (Å²) in [6, 6.07) is 6.75. The van der Waals surface area contributed by atoms with Crippen LogP contribution < -0.4 is 16.4 Å². The SMILES string of the molecule is CN1CCC(C)(NC(=O)C(CCC(C)(C)C)Nc2nc(=O)oc3ccccc23)CC1. The predicted molar refractivity (Wildman–Crippen MR) is 120 cm³/mol. The summed E-state index contributed by atoms with van der Waals surface area (Å²) >= 11 is 0. The Bertz CT molecular complexity index is 939. The number of carbonyl (C=O) groups excluding carboxylic acids is 1. The van der Waals surface area contributed by atoms with Crippen LogP contribution in [0.5, 0.6) is 0 Å². The van der Waals surface area contributed by atoms with Crippen molar-refractivity contribution in [1.82, 2.24) is 15.2 Å². The fourth-order valence-corrected chi connectivity index (χ4v) is 3.76. The van der Waals surface area contributed by atoms with Crippen molar-refractivity contribution in [2.75, 3.05) is 25.5 Å². The summed E-state index contributed by atoms with van der Waals surface area (Å²) in [7, 11) is 2.10. The van der Waals surface area contributed by atoms with E-state index in [1.54, 1.807) is 12.1 Å². The van der Waals surface area contributed by atoms with Gasteiger partial charge in [-0.25, -0.2) is 4.79 Å². The van der Waals surface area contributed by atoms with Gasteiger partial charge in [-0.1, -0.05) is 32.9 Å². The number of amides is 1. The maximum absolute atomic E-state index is 13.3. The van der Waals surface area contributed by atoms with Crippen LogP contribution in [0.1, 0.15) is 53.4 Å². The number of anilines is 1. The number of likely N-dealkylation sites (tertiary alicyclic amines) is 1. The molecule has 0 saturated carbocycles. The third-order valence-electron chi connectivity index (χ3n) is 5.87. The number of aromatic nitrogens is 1. The molecule has 1 atom stereocenters. The number of para-hydroxylation sites is 1. The third-order valence-corrected chi connectivity index (χ3v) is 5.87. The molecule has 0 aliphatic carbocycles. The molecule has 7 heteroatoms. The second kappa shape index (κ2) is 8.76. The first-order valence-electron chi connectivity index (χ1n) is 10.7. The van der Waals surface area contributed by atoms with Gasteiger partial charge in [0.1, 0.15) is 17.4 Å². The van der Waals surface area contributed by atoms with E-state index in [9.17, 15) is 9.59 Å². The van der Waals surface area contributed by atoms with Crippen LogP contribution in [0.2, 0.25) is 0 Å². The number of fused-ring (bicyclic) bond motifs is 1. The van der Waals surface area contributed by atoms with Gasteiger partial charge in [-0.2, -0.15) is 4.98 Å². The summed E-state index contributed by atoms with van der Waals surface area (Å²) in [6.45, 7) is 10.5. The molecule has 1 unspecified atom stereocenters. The van der Waals surface area contributed by atoms with E-state index < -0.39 is 11.8 Å². The number of piperidine rings is 1. The number of rotatable bonds is 6. The van der Waals surface area contributed by atoms with Gasteiger partial charge < -0.3 is 20.0 Å². The normalized spacial score (nSPS) is 18.2. The average molecular weight is 415 g/mol. The molecule has 1 amide bonds. The molecule has 0 spiro atoms. The van der Waals surface area contributed by atoms with Crippen LogP contribution in [-0.2, 0) is 4.79 Å². The Morgan fingerprint density at radius 1 is 1.27 bits per heavy atom. The summed E-state index contributed by atoms with van der Waals surface area (Å²) in [6.07, 6.45) is 3.33. The Morgan fingerprint density at radius 2 is 1.93 bits per heavy atom. The van der Waals surface area contributed by atoms with E-state index in [4.69, 9.17) is 4.42 Å². The largest absolute Gasteiger partial charge is 0.441 e. The molecule has 0 radical (unpaired) electrons. The number of carbonyl (C=O) groups is 1. The highest BCUT2D eigenvalue weighted by Gasteiger charge is 2.33. The topological polar surface area (TPSA) is 87.5 Å². The van der Waals surface area contributed by atoms with Crippen LogP contribution in [0.4, 0.5) is 5.82 Å². The number of nitrogens with zero attached hydrogens (tertiary/aromatic N) is 2. The molecule has 1 aliphatic heterocycles. The molecule has 1 aliphatic rings. The maximum Gasteiger partial charge on any atom is 0.441 e. The van der Waals surface area contributed by atoms with Gasteiger partial charge in [0.15, 0.2) is 0 Å². The Hall–Kier alpha value is -2.41. The van der Waals surface area contributed by atoms with Crippen molar-refractivity contribution in [3.05, 3.63) is 34.8 Å². The smallest absolute Gasteiger partial charge is 0.408 e. The molecular weight excluding hydrogens is 380 g/mol. The van der Waals surface area contributed by atoms with Gasteiger partial charge in [0.2, 0.25) is 5.91 Å². The number of hydrogen-bond donors (Lipinski definition) is 2. The average Bonchev–Trinajstić information content (AvgIpc) is 2.66. The molecule has 1 saturated heterocycles. The van der Waals surface area contributed by atoms with Crippen LogP contribution in [0, 0.1) is 5.41 Å². The minimum atomic E-state index is -0.673. The van der Waals surface area contributed by atoms with Gasteiger partial charge in [0, 0.05) is 18.6 Å². The lowest BCUT2D eigenvalue weighted by molar-refractivity contribution is -0.124. The zero-order chi connectivity index (χ0) is 21.9. The molecule has 7 nitrogen and oxygen atoms in total. The summed E-state index contributed by atoms with van der Waals surface area (Å²) in [4.78, 5) is 31.6. The monoisotopic (exact) mass is 414 g/mol. The Balaban J connectivity index is 1.84. The first kappa shape index (κ1) is 22.3. The van der Waals surface area contributed by atoms with E-state index >= 15 is 0 Å². The molecule has 2 N–H and O–H groups in total. The number of hydrogen-bond acceptors (Lipinski definition) is 6. The fraction of sp³-hybridized carbons (Fsp3) is 0.609. The van der Waals surface area contributed by atoms with Crippen molar-refractivity contribution in [2.45, 2.75) is 65.0 Å². The second-order valence-electron chi connectivity index (χ2n) is 9.97. The van der Waals surface area contributed by atoms with E-state index in [0.29, 0.717) is 23.2 Å². The van der Waals surface area contributed by atoms with E-state index in [1.807, 2.05) is 12.1 Å². The minimum Gasteiger partial charge on any atom is -0.408 e. The van der Waals surface area contributed by atoms with Crippen molar-refractivity contribution in [3.8, 4) is 0 Å². The molecular formula is C23H34N4O3. The molecule has 3 rings (SSSR count). The highest BCUT2D eigenvalue weighted by Crippen LogP contribution is 2.26. The highest BCUT2D eigenvalue weighted by atomic mass is 16.4. The zero-order valence-electron chi connectivity index (χ0n) is 18.7. The van der Waals surface area contributed by atoms with Gasteiger partial charge in [0.05, 0.1) is 5.39 Å². The molecule has 1 aromatic heterocycles. The highest BCUT2D eigenvalue weighted by molar-refractivity contribution is 5.91. The van der Waals surface area contributed by atoms with Crippen molar-refractivity contribution < 1.29 is 9.21 Å². The van der Waals surface area contributed by atoms with Crippen molar-refractivity contribution >= 4 is 22.7 Å². The molecule has 1 aromatic carbocycles. The lowest BCUT2D eigenvalue weighted by atomic mass is 9.87. The molecule has 0 bridgehead atoms. The minimum absolute atomic E-state index is 0.0505. The Morgan fingerprint density at radius 3 is 2.60 bits per heavy atom. The van der Waals surface area contributed by atoms with Crippen molar-refractivity contribution in [1.29, 1.82) is 0 Å². The summed E-state index contributed by atoms with van der Waals surface area (Å²) in [5, 5.41) is 7.23. The zero-order valence-corrected chi connectivity index (χ0v) is 18.7. The number of benzene rings is 1. The van der Waals surface area contributed by atoms with E-state index in [1.165, 1.54) is 0 Å². The van der Waals surface area contributed by atoms with Crippen molar-refractivity contribution in [2.24, 2.45) is 5.41 Å². The van der Waals surface area contributed by atoms with Gasteiger partial charge in [-0.15, -0.1) is 0 Å². The van der Waals surface area contributed by atoms with Crippen LogP contribution in [0.3, 0.4) is 0 Å².